The van der Waals surface area contributed by atoms with Crippen LogP contribution in [0.5, 0.6) is 17.2 Å². The number of anilines is 2. The van der Waals surface area contributed by atoms with Crippen molar-refractivity contribution >= 4 is 39.9 Å². The van der Waals surface area contributed by atoms with Crippen LogP contribution >= 0.6 is 11.6 Å². The normalized spacial score (nSPS) is 15.1. The zero-order chi connectivity index (χ0) is 25.8. The fourth-order valence-electron chi connectivity index (χ4n) is 4.35. The summed E-state index contributed by atoms with van der Waals surface area (Å²) in [7, 11) is 0. The van der Waals surface area contributed by atoms with Gasteiger partial charge in [-0.2, -0.15) is 0 Å². The Morgan fingerprint density at radius 2 is 2.05 bits per heavy atom. The summed E-state index contributed by atoms with van der Waals surface area (Å²) in [4.78, 5) is 26.8. The van der Waals surface area contributed by atoms with Gasteiger partial charge in [0.1, 0.15) is 42.6 Å². The van der Waals surface area contributed by atoms with Gasteiger partial charge < -0.3 is 24.8 Å². The number of fused-ring (bicyclic) bond motifs is 1. The number of aryl methyl sites for hydroxylation is 1. The highest BCUT2D eigenvalue weighted by molar-refractivity contribution is 6.32. The average Bonchev–Trinajstić information content (AvgIpc) is 3.38. The van der Waals surface area contributed by atoms with E-state index in [2.05, 4.69) is 20.3 Å². The number of aliphatic hydroxyl groups excluding tert-OH is 1. The van der Waals surface area contributed by atoms with E-state index in [9.17, 15) is 9.90 Å². The number of ether oxygens (including phenoxy) is 2. The predicted octanol–water partition coefficient (Wildman–Crippen LogP) is 4.88. The molecule has 2 aromatic carbocycles. The molecule has 2 N–H and O–H groups in total. The summed E-state index contributed by atoms with van der Waals surface area (Å²) in [5, 5.41) is 13.7. The van der Waals surface area contributed by atoms with E-state index in [1.807, 2.05) is 43.3 Å². The predicted molar refractivity (Wildman–Crippen MR) is 141 cm³/mol. The Bertz CT molecular complexity index is 1410. The number of carbonyl (C=O) groups excluding carboxylic acids is 1. The van der Waals surface area contributed by atoms with Crippen molar-refractivity contribution in [3.8, 4) is 17.2 Å². The molecule has 1 amide bonds. The van der Waals surface area contributed by atoms with Crippen LogP contribution in [0.3, 0.4) is 0 Å². The third-order valence-corrected chi connectivity index (χ3v) is 6.49. The first kappa shape index (κ1) is 24.7. The van der Waals surface area contributed by atoms with Gasteiger partial charge in [0.05, 0.1) is 28.2 Å². The summed E-state index contributed by atoms with van der Waals surface area (Å²) < 4.78 is 12.0. The molecule has 0 radical (unpaired) electrons. The van der Waals surface area contributed by atoms with E-state index < -0.39 is 6.61 Å². The molecule has 1 aliphatic rings. The van der Waals surface area contributed by atoms with Crippen molar-refractivity contribution in [3.63, 3.8) is 0 Å². The van der Waals surface area contributed by atoms with Crippen molar-refractivity contribution in [1.29, 1.82) is 0 Å². The molecule has 2 aromatic heterocycles. The molecule has 10 heteroatoms. The second-order valence-electron chi connectivity index (χ2n) is 8.73. The zero-order valence-corrected chi connectivity index (χ0v) is 21.0. The molecular weight excluding hydrogens is 494 g/mol. The highest BCUT2D eigenvalue weighted by atomic mass is 35.5. The van der Waals surface area contributed by atoms with E-state index in [1.54, 1.807) is 23.2 Å². The SMILES string of the molecule is Cc1ccc(Oc2ccc(Nc3ncnc4cccc(OC[C@H]5CCCN5C(=O)CO)c34)cc2Cl)cn1. The molecule has 0 unspecified atom stereocenters. The number of benzene rings is 2. The maximum atomic E-state index is 12.0. The Labute approximate surface area is 219 Å². The summed E-state index contributed by atoms with van der Waals surface area (Å²) in [5.41, 5.74) is 2.32. The summed E-state index contributed by atoms with van der Waals surface area (Å²) in [5.74, 6) is 1.98. The number of halogens is 1. The first-order chi connectivity index (χ1) is 18.0. The van der Waals surface area contributed by atoms with Crippen LogP contribution in [-0.2, 0) is 4.79 Å². The highest BCUT2D eigenvalue weighted by Crippen LogP contribution is 2.35. The molecule has 37 heavy (non-hydrogen) atoms. The Kier molecular flexibility index (Phi) is 7.34. The Balaban J connectivity index is 1.36. The fraction of sp³-hybridized carbons (Fsp3) is 0.259. The van der Waals surface area contributed by atoms with Crippen LogP contribution in [0.4, 0.5) is 11.5 Å². The maximum absolute atomic E-state index is 12.0. The molecule has 1 saturated heterocycles. The zero-order valence-electron chi connectivity index (χ0n) is 20.2. The third kappa shape index (κ3) is 5.58. The topological polar surface area (TPSA) is 110 Å². The Morgan fingerprint density at radius 3 is 2.84 bits per heavy atom. The van der Waals surface area contributed by atoms with Crippen LogP contribution in [-0.4, -0.2) is 56.7 Å². The first-order valence-corrected chi connectivity index (χ1v) is 12.3. The standard InChI is InChI=1S/C27H26ClN5O4/c1-17-7-9-20(13-29-17)37-23-10-8-18(12-21(23)28)32-27-26-22(30-16-31-27)5-2-6-24(26)36-15-19-4-3-11-33(19)25(35)14-34/h2,5-10,12-13,16,19,34H,3-4,11,14-15H2,1H3,(H,30,31,32)/t19-/m1/s1. The second kappa shape index (κ2) is 11.0. The highest BCUT2D eigenvalue weighted by Gasteiger charge is 2.29. The molecule has 1 fully saturated rings. The number of nitrogens with one attached hydrogen (secondary N) is 1. The molecule has 0 aliphatic carbocycles. The third-order valence-electron chi connectivity index (χ3n) is 6.20. The monoisotopic (exact) mass is 519 g/mol. The van der Waals surface area contributed by atoms with Crippen molar-refractivity contribution in [2.75, 3.05) is 25.1 Å². The Morgan fingerprint density at radius 1 is 1.16 bits per heavy atom. The fourth-order valence-corrected chi connectivity index (χ4v) is 4.57. The minimum atomic E-state index is -0.499. The lowest BCUT2D eigenvalue weighted by Gasteiger charge is -2.24. The summed E-state index contributed by atoms with van der Waals surface area (Å²) in [6.45, 7) is 2.35. The average molecular weight is 520 g/mol. The van der Waals surface area contributed by atoms with Crippen LogP contribution in [0.15, 0.2) is 61.1 Å². The van der Waals surface area contributed by atoms with E-state index in [-0.39, 0.29) is 11.9 Å². The summed E-state index contributed by atoms with van der Waals surface area (Å²) in [6, 6.07) is 14.6. The van der Waals surface area contributed by atoms with Gasteiger partial charge in [-0.25, -0.2) is 9.97 Å². The van der Waals surface area contributed by atoms with Gasteiger partial charge in [-0.1, -0.05) is 17.7 Å². The van der Waals surface area contributed by atoms with E-state index in [4.69, 9.17) is 21.1 Å². The number of hydrogen-bond acceptors (Lipinski definition) is 8. The summed E-state index contributed by atoms with van der Waals surface area (Å²) >= 11 is 6.51. The number of amides is 1. The van der Waals surface area contributed by atoms with Crippen LogP contribution in [0.25, 0.3) is 10.9 Å². The number of aliphatic hydroxyl groups is 1. The van der Waals surface area contributed by atoms with Gasteiger partial charge in [0.25, 0.3) is 0 Å². The maximum Gasteiger partial charge on any atom is 0.248 e. The van der Waals surface area contributed by atoms with Gasteiger partial charge in [0.15, 0.2) is 0 Å². The molecule has 1 atom stereocenters. The van der Waals surface area contributed by atoms with Crippen molar-refractivity contribution in [2.24, 2.45) is 0 Å². The van der Waals surface area contributed by atoms with Crippen molar-refractivity contribution in [1.82, 2.24) is 19.9 Å². The van der Waals surface area contributed by atoms with Crippen molar-refractivity contribution in [3.05, 3.63) is 71.8 Å². The first-order valence-electron chi connectivity index (χ1n) is 12.0. The van der Waals surface area contributed by atoms with Crippen LogP contribution in [0.2, 0.25) is 5.02 Å². The number of aromatic nitrogens is 3. The number of rotatable bonds is 8. The molecule has 190 valence electrons. The minimum Gasteiger partial charge on any atom is -0.491 e. The van der Waals surface area contributed by atoms with E-state index in [0.717, 1.165) is 18.5 Å². The van der Waals surface area contributed by atoms with Gasteiger partial charge >= 0.3 is 0 Å². The molecule has 3 heterocycles. The number of hydrogen-bond donors (Lipinski definition) is 2. The Hall–Kier alpha value is -3.95. The molecule has 5 rings (SSSR count). The lowest BCUT2D eigenvalue weighted by Crippen LogP contribution is -2.40. The number of nitrogens with zero attached hydrogens (tertiary/aromatic N) is 4. The van der Waals surface area contributed by atoms with E-state index >= 15 is 0 Å². The lowest BCUT2D eigenvalue weighted by atomic mass is 10.2. The lowest BCUT2D eigenvalue weighted by molar-refractivity contribution is -0.135. The van der Waals surface area contributed by atoms with Crippen LogP contribution in [0, 0.1) is 6.92 Å². The second-order valence-corrected chi connectivity index (χ2v) is 9.14. The van der Waals surface area contributed by atoms with Crippen molar-refractivity contribution < 1.29 is 19.4 Å². The molecule has 4 aromatic rings. The largest absolute Gasteiger partial charge is 0.491 e. The van der Waals surface area contributed by atoms with Gasteiger partial charge in [0.2, 0.25) is 5.91 Å². The number of carbonyl (C=O) groups is 1. The van der Waals surface area contributed by atoms with E-state index in [1.165, 1.54) is 6.33 Å². The van der Waals surface area contributed by atoms with Crippen LogP contribution < -0.4 is 14.8 Å². The summed E-state index contributed by atoms with van der Waals surface area (Å²) in [6.07, 6.45) is 4.84. The molecule has 1 aliphatic heterocycles. The smallest absolute Gasteiger partial charge is 0.248 e. The molecule has 9 nitrogen and oxygen atoms in total. The van der Waals surface area contributed by atoms with E-state index in [0.29, 0.717) is 57.8 Å². The molecule has 0 bridgehead atoms. The quantitative estimate of drug-likeness (QED) is 0.339. The molecular formula is C27H26ClN5O4. The molecule has 0 saturated carbocycles. The van der Waals surface area contributed by atoms with Gasteiger partial charge in [-0.05, 0) is 62.2 Å². The minimum absolute atomic E-state index is 0.0916. The van der Waals surface area contributed by atoms with Gasteiger partial charge in [-0.3, -0.25) is 9.78 Å². The van der Waals surface area contributed by atoms with Gasteiger partial charge in [-0.15, -0.1) is 0 Å². The number of likely N-dealkylation sites (tertiary alicyclic amines) is 1. The van der Waals surface area contributed by atoms with Crippen molar-refractivity contribution in [2.45, 2.75) is 25.8 Å². The van der Waals surface area contributed by atoms with Crippen LogP contribution in [0.1, 0.15) is 18.5 Å². The van der Waals surface area contributed by atoms with Gasteiger partial charge in [0, 0.05) is 17.9 Å². The number of pyridine rings is 1. The molecule has 0 spiro atoms.